The molecule has 0 spiro atoms. The zero-order valence-electron chi connectivity index (χ0n) is 9.52. The highest BCUT2D eigenvalue weighted by atomic mass is 32.1. The Balaban J connectivity index is 1.73. The van der Waals surface area contributed by atoms with Crippen molar-refractivity contribution in [3.63, 3.8) is 0 Å². The average molecular weight is 245 g/mol. The van der Waals surface area contributed by atoms with Gasteiger partial charge in [-0.2, -0.15) is 11.3 Å². The second-order valence-electron chi connectivity index (χ2n) is 4.45. The topological polar surface area (TPSA) is 32.3 Å². The van der Waals surface area contributed by atoms with Crippen LogP contribution in [-0.4, -0.2) is 5.11 Å². The van der Waals surface area contributed by atoms with Crippen molar-refractivity contribution in [1.29, 1.82) is 0 Å². The van der Waals surface area contributed by atoms with Crippen molar-refractivity contribution in [3.05, 3.63) is 51.7 Å². The Labute approximate surface area is 105 Å². The van der Waals surface area contributed by atoms with Crippen LogP contribution in [0.15, 0.2) is 35.0 Å². The van der Waals surface area contributed by atoms with E-state index in [1.54, 1.807) is 17.4 Å². The maximum atomic E-state index is 9.78. The molecule has 1 unspecified atom stereocenters. The molecule has 3 heteroatoms. The summed E-state index contributed by atoms with van der Waals surface area (Å²) in [5.41, 5.74) is 3.72. The number of phenols is 1. The zero-order chi connectivity index (χ0) is 11.7. The summed E-state index contributed by atoms with van der Waals surface area (Å²) in [6, 6.07) is 8.36. The fourth-order valence-electron chi connectivity index (χ4n) is 2.48. The average Bonchev–Trinajstić information content (AvgIpc) is 2.95. The van der Waals surface area contributed by atoms with E-state index in [9.17, 15) is 5.11 Å². The van der Waals surface area contributed by atoms with Crippen LogP contribution in [0.5, 0.6) is 5.75 Å². The fourth-order valence-corrected chi connectivity index (χ4v) is 3.15. The van der Waals surface area contributed by atoms with Gasteiger partial charge in [-0.25, -0.2) is 0 Å². The maximum absolute atomic E-state index is 9.78. The summed E-state index contributed by atoms with van der Waals surface area (Å²) < 4.78 is 0. The monoisotopic (exact) mass is 245 g/mol. The molecule has 0 saturated carbocycles. The molecular formula is C14H15NOS. The van der Waals surface area contributed by atoms with Crippen molar-refractivity contribution in [2.24, 2.45) is 0 Å². The van der Waals surface area contributed by atoms with E-state index in [4.69, 9.17) is 0 Å². The van der Waals surface area contributed by atoms with Crippen LogP contribution in [-0.2, 0) is 13.0 Å². The number of hydrogen-bond acceptors (Lipinski definition) is 3. The molecule has 1 aliphatic carbocycles. The van der Waals surface area contributed by atoms with Gasteiger partial charge >= 0.3 is 0 Å². The van der Waals surface area contributed by atoms with Crippen molar-refractivity contribution in [2.45, 2.75) is 25.4 Å². The van der Waals surface area contributed by atoms with Crippen LogP contribution in [0.25, 0.3) is 0 Å². The van der Waals surface area contributed by atoms with Gasteiger partial charge in [-0.05, 0) is 52.4 Å². The molecule has 0 aliphatic heterocycles. The Kier molecular flexibility index (Phi) is 2.87. The number of hydrogen-bond donors (Lipinski definition) is 2. The molecule has 88 valence electrons. The van der Waals surface area contributed by atoms with Gasteiger partial charge in [-0.1, -0.05) is 12.1 Å². The molecule has 2 aromatic rings. The minimum absolute atomic E-state index is 0.386. The summed E-state index contributed by atoms with van der Waals surface area (Å²) >= 11 is 1.73. The molecule has 0 bridgehead atoms. The van der Waals surface area contributed by atoms with E-state index in [2.05, 4.69) is 28.2 Å². The molecule has 1 aromatic carbocycles. The zero-order valence-corrected chi connectivity index (χ0v) is 10.3. The van der Waals surface area contributed by atoms with Crippen LogP contribution in [0, 0.1) is 0 Å². The minimum atomic E-state index is 0.386. The second kappa shape index (κ2) is 4.51. The Bertz CT molecular complexity index is 507. The van der Waals surface area contributed by atoms with Gasteiger partial charge in [0.25, 0.3) is 0 Å². The van der Waals surface area contributed by atoms with Gasteiger partial charge in [-0.3, -0.25) is 0 Å². The van der Waals surface area contributed by atoms with Gasteiger partial charge in [-0.15, -0.1) is 0 Å². The van der Waals surface area contributed by atoms with Crippen LogP contribution in [0.1, 0.15) is 29.2 Å². The fraction of sp³-hybridized carbons (Fsp3) is 0.286. The highest BCUT2D eigenvalue weighted by molar-refractivity contribution is 7.07. The minimum Gasteiger partial charge on any atom is -0.508 e. The van der Waals surface area contributed by atoms with Crippen LogP contribution < -0.4 is 5.32 Å². The molecule has 1 aliphatic rings. The number of rotatable bonds is 3. The Morgan fingerprint density at radius 2 is 2.29 bits per heavy atom. The summed E-state index contributed by atoms with van der Waals surface area (Å²) in [5, 5.41) is 17.6. The molecule has 3 rings (SSSR count). The first-order valence-electron chi connectivity index (χ1n) is 5.90. The number of thiophene rings is 1. The van der Waals surface area contributed by atoms with Crippen molar-refractivity contribution < 1.29 is 5.11 Å². The van der Waals surface area contributed by atoms with Crippen LogP contribution in [0.2, 0.25) is 0 Å². The quantitative estimate of drug-likeness (QED) is 0.870. The lowest BCUT2D eigenvalue weighted by atomic mass is 10.1. The largest absolute Gasteiger partial charge is 0.508 e. The summed E-state index contributed by atoms with van der Waals surface area (Å²) in [7, 11) is 0. The number of aromatic hydroxyl groups is 1. The van der Waals surface area contributed by atoms with Crippen LogP contribution in [0.3, 0.4) is 0 Å². The molecule has 0 amide bonds. The van der Waals surface area contributed by atoms with Gasteiger partial charge in [0.05, 0.1) is 0 Å². The molecule has 2 N–H and O–H groups in total. The molecule has 1 atom stereocenters. The molecule has 1 heterocycles. The van der Waals surface area contributed by atoms with E-state index >= 15 is 0 Å². The molecule has 0 saturated heterocycles. The number of nitrogens with one attached hydrogen (secondary N) is 1. The van der Waals surface area contributed by atoms with Crippen molar-refractivity contribution in [2.75, 3.05) is 0 Å². The normalized spacial score (nSPS) is 18.2. The summed E-state index contributed by atoms with van der Waals surface area (Å²) in [6.07, 6.45) is 2.06. The van der Waals surface area contributed by atoms with E-state index in [0.717, 1.165) is 24.9 Å². The molecule has 2 nitrogen and oxygen atoms in total. The number of phenolic OH excluding ortho intramolecular Hbond substituents is 1. The highest BCUT2D eigenvalue weighted by Crippen LogP contribution is 2.36. The number of benzene rings is 1. The van der Waals surface area contributed by atoms with Gasteiger partial charge in [0, 0.05) is 12.6 Å². The molecule has 0 radical (unpaired) electrons. The molecular weight excluding hydrogens is 230 g/mol. The van der Waals surface area contributed by atoms with Crippen LogP contribution >= 0.6 is 11.3 Å². The Hall–Kier alpha value is -1.32. The SMILES string of the molecule is Oc1cccc2c1CCC2NCc1ccsc1. The lowest BCUT2D eigenvalue weighted by Gasteiger charge is -2.13. The van der Waals surface area contributed by atoms with E-state index in [1.807, 2.05) is 6.07 Å². The Morgan fingerprint density at radius 3 is 3.12 bits per heavy atom. The first-order valence-corrected chi connectivity index (χ1v) is 6.84. The second-order valence-corrected chi connectivity index (χ2v) is 5.23. The smallest absolute Gasteiger partial charge is 0.119 e. The van der Waals surface area contributed by atoms with E-state index in [1.165, 1.54) is 11.1 Å². The van der Waals surface area contributed by atoms with Gasteiger partial charge in [0.1, 0.15) is 5.75 Å². The number of fused-ring (bicyclic) bond motifs is 1. The molecule has 1 aromatic heterocycles. The standard InChI is InChI=1S/C14H15NOS/c16-14-3-1-2-11-12(14)4-5-13(11)15-8-10-6-7-17-9-10/h1-3,6-7,9,13,15-16H,4-5,8H2. The van der Waals surface area contributed by atoms with E-state index in [0.29, 0.717) is 11.8 Å². The van der Waals surface area contributed by atoms with Crippen molar-refractivity contribution >= 4 is 11.3 Å². The van der Waals surface area contributed by atoms with E-state index < -0.39 is 0 Å². The van der Waals surface area contributed by atoms with Crippen LogP contribution in [0.4, 0.5) is 0 Å². The highest BCUT2D eigenvalue weighted by Gasteiger charge is 2.23. The predicted octanol–water partition coefficient (Wildman–Crippen LogP) is 3.23. The van der Waals surface area contributed by atoms with Crippen molar-refractivity contribution in [1.82, 2.24) is 5.32 Å². The Morgan fingerprint density at radius 1 is 1.35 bits per heavy atom. The third-order valence-corrected chi connectivity index (χ3v) is 4.11. The lowest BCUT2D eigenvalue weighted by Crippen LogP contribution is -2.18. The molecule has 0 fully saturated rings. The van der Waals surface area contributed by atoms with Gasteiger partial charge in [0.15, 0.2) is 0 Å². The lowest BCUT2D eigenvalue weighted by molar-refractivity contribution is 0.469. The molecule has 17 heavy (non-hydrogen) atoms. The predicted molar refractivity (Wildman–Crippen MR) is 70.3 cm³/mol. The van der Waals surface area contributed by atoms with Crippen molar-refractivity contribution in [3.8, 4) is 5.75 Å². The first-order chi connectivity index (χ1) is 8.34. The van der Waals surface area contributed by atoms with E-state index in [-0.39, 0.29) is 0 Å². The third-order valence-electron chi connectivity index (χ3n) is 3.38. The summed E-state index contributed by atoms with van der Waals surface area (Å²) in [4.78, 5) is 0. The van der Waals surface area contributed by atoms with Gasteiger partial charge in [0.2, 0.25) is 0 Å². The first kappa shape index (κ1) is 10.8. The maximum Gasteiger partial charge on any atom is 0.119 e. The third kappa shape index (κ3) is 2.08. The summed E-state index contributed by atoms with van der Waals surface area (Å²) in [5.74, 6) is 0.447. The summed E-state index contributed by atoms with van der Waals surface area (Å²) in [6.45, 7) is 0.906. The van der Waals surface area contributed by atoms with Gasteiger partial charge < -0.3 is 10.4 Å².